The average Bonchev–Trinajstić information content (AvgIpc) is 2.50. The van der Waals surface area contributed by atoms with Crippen LogP contribution in [0.4, 0.5) is 4.39 Å². The van der Waals surface area contributed by atoms with E-state index in [-0.39, 0.29) is 10.9 Å². The number of nitrogens with zero attached hydrogens (tertiary/aromatic N) is 2. The molecule has 0 bridgehead atoms. The SMILES string of the molecule is NC1=NCCC2(S1)c1cc(Br)ccc1Oc1c2cc(Cl)nc1F. The van der Waals surface area contributed by atoms with Crippen LogP contribution in [-0.2, 0) is 4.75 Å². The lowest BCUT2D eigenvalue weighted by molar-refractivity contribution is 0.391. The second-order valence-corrected chi connectivity index (χ2v) is 7.88. The van der Waals surface area contributed by atoms with Crippen molar-refractivity contribution in [2.75, 3.05) is 6.54 Å². The van der Waals surface area contributed by atoms with Crippen molar-refractivity contribution in [1.29, 1.82) is 0 Å². The molecular weight excluding hydrogens is 405 g/mol. The van der Waals surface area contributed by atoms with Crippen molar-refractivity contribution in [3.63, 3.8) is 0 Å². The Morgan fingerprint density at radius 2 is 2.17 bits per heavy atom. The van der Waals surface area contributed by atoms with E-state index in [4.69, 9.17) is 22.1 Å². The summed E-state index contributed by atoms with van der Waals surface area (Å²) in [5.41, 5.74) is 7.55. The molecule has 1 spiro atoms. The molecule has 0 radical (unpaired) electrons. The molecule has 0 amide bonds. The molecule has 2 aliphatic rings. The van der Waals surface area contributed by atoms with Crippen molar-refractivity contribution in [3.05, 3.63) is 51.0 Å². The summed E-state index contributed by atoms with van der Waals surface area (Å²) < 4.78 is 20.4. The first kappa shape index (κ1) is 15.2. The van der Waals surface area contributed by atoms with E-state index in [0.717, 1.165) is 10.0 Å². The topological polar surface area (TPSA) is 60.5 Å². The van der Waals surface area contributed by atoms with Gasteiger partial charge in [0.05, 0.1) is 4.75 Å². The zero-order valence-corrected chi connectivity index (χ0v) is 14.8. The largest absolute Gasteiger partial charge is 0.452 e. The lowest BCUT2D eigenvalue weighted by Gasteiger charge is -2.40. The molecule has 0 fully saturated rings. The number of aliphatic imine (C=N–C) groups is 1. The molecule has 0 saturated carbocycles. The van der Waals surface area contributed by atoms with Gasteiger partial charge in [0.15, 0.2) is 10.9 Å². The quantitative estimate of drug-likeness (QED) is 0.648. The Bertz CT molecular complexity index is 863. The zero-order chi connectivity index (χ0) is 16.2. The van der Waals surface area contributed by atoms with E-state index in [1.807, 2.05) is 12.1 Å². The van der Waals surface area contributed by atoms with Crippen LogP contribution in [0.15, 0.2) is 33.7 Å². The number of hydrogen-bond donors (Lipinski definition) is 1. The molecule has 3 heterocycles. The maximum atomic E-state index is 14.3. The molecule has 1 aromatic carbocycles. The highest BCUT2D eigenvalue weighted by molar-refractivity contribution is 9.10. The number of halogens is 3. The highest BCUT2D eigenvalue weighted by Crippen LogP contribution is 2.58. The third-order valence-corrected chi connectivity index (χ3v) is 5.95. The molecule has 4 rings (SSSR count). The first-order valence-corrected chi connectivity index (χ1v) is 8.82. The highest BCUT2D eigenvalue weighted by Gasteiger charge is 2.46. The molecule has 2 aromatic rings. The maximum Gasteiger partial charge on any atom is 0.257 e. The Balaban J connectivity index is 2.04. The Labute approximate surface area is 149 Å². The molecule has 2 N–H and O–H groups in total. The van der Waals surface area contributed by atoms with E-state index in [1.165, 1.54) is 11.8 Å². The van der Waals surface area contributed by atoms with Crippen LogP contribution in [-0.4, -0.2) is 16.7 Å². The maximum absolute atomic E-state index is 14.3. The molecule has 4 nitrogen and oxygen atoms in total. The fourth-order valence-electron chi connectivity index (χ4n) is 3.00. The molecule has 118 valence electrons. The Morgan fingerprint density at radius 1 is 1.35 bits per heavy atom. The summed E-state index contributed by atoms with van der Waals surface area (Å²) in [5.74, 6) is -0.0283. The molecule has 1 aromatic heterocycles. The number of rotatable bonds is 0. The smallest absolute Gasteiger partial charge is 0.257 e. The molecule has 0 saturated heterocycles. The van der Waals surface area contributed by atoms with Gasteiger partial charge in [0.2, 0.25) is 0 Å². The number of aromatic nitrogens is 1. The number of thioether (sulfide) groups is 1. The minimum Gasteiger partial charge on any atom is -0.452 e. The van der Waals surface area contributed by atoms with Crippen LogP contribution < -0.4 is 10.5 Å². The van der Waals surface area contributed by atoms with Gasteiger partial charge in [-0.2, -0.15) is 4.39 Å². The van der Waals surface area contributed by atoms with Crippen LogP contribution >= 0.6 is 39.3 Å². The molecular formula is C15H10BrClFN3OS. The van der Waals surface area contributed by atoms with Gasteiger partial charge in [-0.3, -0.25) is 4.99 Å². The van der Waals surface area contributed by atoms with Crippen molar-refractivity contribution in [1.82, 2.24) is 4.98 Å². The van der Waals surface area contributed by atoms with Crippen molar-refractivity contribution < 1.29 is 9.13 Å². The summed E-state index contributed by atoms with van der Waals surface area (Å²) in [5, 5.41) is 0.549. The van der Waals surface area contributed by atoms with Crippen LogP contribution in [0.3, 0.4) is 0 Å². The number of pyridine rings is 1. The molecule has 23 heavy (non-hydrogen) atoms. The van der Waals surface area contributed by atoms with E-state index in [2.05, 4.69) is 25.9 Å². The highest BCUT2D eigenvalue weighted by atomic mass is 79.9. The van der Waals surface area contributed by atoms with Crippen LogP contribution in [0.5, 0.6) is 11.5 Å². The van der Waals surface area contributed by atoms with E-state index in [0.29, 0.717) is 29.4 Å². The van der Waals surface area contributed by atoms with Gasteiger partial charge < -0.3 is 10.5 Å². The lowest BCUT2D eigenvalue weighted by Crippen LogP contribution is -2.35. The van der Waals surface area contributed by atoms with Crippen molar-refractivity contribution >= 4 is 44.5 Å². The molecule has 2 aliphatic heterocycles. The number of fused-ring (bicyclic) bond motifs is 4. The first-order chi connectivity index (χ1) is 11.0. The fraction of sp³-hybridized carbons (Fsp3) is 0.200. The first-order valence-electron chi connectivity index (χ1n) is 6.83. The predicted octanol–water partition coefficient (Wildman–Crippen LogP) is 4.44. The third kappa shape index (κ3) is 2.33. The summed E-state index contributed by atoms with van der Waals surface area (Å²) in [6.07, 6.45) is 0.665. The van der Waals surface area contributed by atoms with E-state index >= 15 is 0 Å². The Hall–Kier alpha value is -1.31. The van der Waals surface area contributed by atoms with Gasteiger partial charge in [-0.05, 0) is 30.7 Å². The molecule has 1 unspecified atom stereocenters. The van der Waals surface area contributed by atoms with Gasteiger partial charge in [0.1, 0.15) is 10.9 Å². The Kier molecular flexibility index (Phi) is 3.55. The second-order valence-electron chi connectivity index (χ2n) is 5.25. The van der Waals surface area contributed by atoms with Crippen LogP contribution in [0.1, 0.15) is 17.5 Å². The lowest BCUT2D eigenvalue weighted by atomic mass is 9.85. The number of nitrogens with two attached hydrogens (primary N) is 1. The van der Waals surface area contributed by atoms with Gasteiger partial charge in [0.25, 0.3) is 5.95 Å². The molecule has 1 atom stereocenters. The summed E-state index contributed by atoms with van der Waals surface area (Å²) in [4.78, 5) is 7.92. The zero-order valence-electron chi connectivity index (χ0n) is 11.6. The number of amidine groups is 1. The number of benzene rings is 1. The summed E-state index contributed by atoms with van der Waals surface area (Å²) in [6, 6.07) is 7.27. The van der Waals surface area contributed by atoms with Gasteiger partial charge in [-0.15, -0.1) is 0 Å². The Morgan fingerprint density at radius 3 is 2.96 bits per heavy atom. The third-order valence-electron chi connectivity index (χ3n) is 3.93. The van der Waals surface area contributed by atoms with Crippen molar-refractivity contribution in [2.24, 2.45) is 10.7 Å². The number of ether oxygens (including phenoxy) is 1. The summed E-state index contributed by atoms with van der Waals surface area (Å²) in [7, 11) is 0. The predicted molar refractivity (Wildman–Crippen MR) is 92.9 cm³/mol. The normalized spacial score (nSPS) is 22.1. The van der Waals surface area contributed by atoms with Crippen LogP contribution in [0, 0.1) is 5.95 Å². The summed E-state index contributed by atoms with van der Waals surface area (Å²) in [6.45, 7) is 0.547. The van der Waals surface area contributed by atoms with E-state index < -0.39 is 10.7 Å². The molecule has 0 aliphatic carbocycles. The van der Waals surface area contributed by atoms with Crippen LogP contribution in [0.2, 0.25) is 5.15 Å². The van der Waals surface area contributed by atoms with Gasteiger partial charge in [-0.25, -0.2) is 4.98 Å². The van der Waals surface area contributed by atoms with E-state index in [9.17, 15) is 4.39 Å². The minimum atomic E-state index is -0.720. The minimum absolute atomic E-state index is 0.0874. The van der Waals surface area contributed by atoms with E-state index in [1.54, 1.807) is 12.1 Å². The van der Waals surface area contributed by atoms with Gasteiger partial charge in [-0.1, -0.05) is 39.3 Å². The standard InChI is InChI=1S/C15H10BrClFN3OS/c16-7-1-2-10-8(5-7)15(3-4-20-14(19)23-15)9-6-11(17)21-13(18)12(9)22-10/h1-2,5-6H,3-4H2,(H2,19,20). The van der Waals surface area contributed by atoms with Gasteiger partial charge in [0, 0.05) is 22.1 Å². The van der Waals surface area contributed by atoms with Crippen molar-refractivity contribution in [2.45, 2.75) is 11.2 Å². The average molecular weight is 415 g/mol. The fourth-order valence-corrected chi connectivity index (χ4v) is 4.78. The summed E-state index contributed by atoms with van der Waals surface area (Å²) >= 11 is 10.9. The van der Waals surface area contributed by atoms with Crippen LogP contribution in [0.25, 0.3) is 0 Å². The number of hydrogen-bond acceptors (Lipinski definition) is 5. The molecule has 8 heteroatoms. The monoisotopic (exact) mass is 413 g/mol. The van der Waals surface area contributed by atoms with Gasteiger partial charge >= 0.3 is 0 Å². The second kappa shape index (κ2) is 5.36. The van der Waals surface area contributed by atoms with Crippen molar-refractivity contribution in [3.8, 4) is 11.5 Å².